The molecular weight excluding hydrogens is 196 g/mol. The molecule has 0 bridgehead atoms. The van der Waals surface area contributed by atoms with E-state index in [1.165, 1.54) is 12.0 Å². The van der Waals surface area contributed by atoms with Gasteiger partial charge in [0.15, 0.2) is 0 Å². The minimum absolute atomic E-state index is 0.183. The van der Waals surface area contributed by atoms with Crippen molar-refractivity contribution in [1.82, 2.24) is 0 Å². The van der Waals surface area contributed by atoms with Gasteiger partial charge in [0.05, 0.1) is 0 Å². The molecule has 1 aromatic rings. The summed E-state index contributed by atoms with van der Waals surface area (Å²) in [5, 5.41) is 9.36. The van der Waals surface area contributed by atoms with Crippen LogP contribution in [0.4, 0.5) is 0 Å². The summed E-state index contributed by atoms with van der Waals surface area (Å²) in [6, 6.07) is 7.69. The van der Waals surface area contributed by atoms with E-state index in [1.54, 1.807) is 12.1 Å². The molecule has 1 nitrogen and oxygen atoms in total. The summed E-state index contributed by atoms with van der Waals surface area (Å²) in [7, 11) is 0. The van der Waals surface area contributed by atoms with E-state index in [1.807, 2.05) is 0 Å². The molecule has 0 aromatic heterocycles. The molecule has 0 aliphatic carbocycles. The van der Waals surface area contributed by atoms with Crippen LogP contribution in [-0.2, 0) is 5.41 Å². The van der Waals surface area contributed by atoms with Crippen LogP contribution >= 0.6 is 0 Å². The Hall–Kier alpha value is -0.980. The van der Waals surface area contributed by atoms with E-state index in [9.17, 15) is 5.11 Å². The molecule has 0 saturated heterocycles. The van der Waals surface area contributed by atoms with Gasteiger partial charge in [0, 0.05) is 0 Å². The number of rotatable bonds is 4. The van der Waals surface area contributed by atoms with Gasteiger partial charge in [0.2, 0.25) is 0 Å². The minimum Gasteiger partial charge on any atom is -0.508 e. The Balaban J connectivity index is 3.16. The molecule has 2 unspecified atom stereocenters. The van der Waals surface area contributed by atoms with Gasteiger partial charge in [-0.3, -0.25) is 0 Å². The van der Waals surface area contributed by atoms with Crippen LogP contribution in [0.3, 0.4) is 0 Å². The summed E-state index contributed by atoms with van der Waals surface area (Å²) in [5.74, 6) is 1.57. The molecule has 0 heterocycles. The Morgan fingerprint density at radius 3 is 2.00 bits per heavy atom. The van der Waals surface area contributed by atoms with Crippen molar-refractivity contribution in [2.24, 2.45) is 11.8 Å². The van der Waals surface area contributed by atoms with Crippen LogP contribution in [-0.4, -0.2) is 5.11 Å². The minimum atomic E-state index is 0.183. The summed E-state index contributed by atoms with van der Waals surface area (Å²) in [6.07, 6.45) is 1.18. The van der Waals surface area contributed by atoms with E-state index in [4.69, 9.17) is 0 Å². The maximum atomic E-state index is 9.36. The van der Waals surface area contributed by atoms with Gasteiger partial charge in [0.1, 0.15) is 5.75 Å². The fourth-order valence-corrected chi connectivity index (χ4v) is 2.43. The molecule has 0 amide bonds. The second-order valence-corrected chi connectivity index (χ2v) is 5.29. The lowest BCUT2D eigenvalue weighted by molar-refractivity contribution is 0.223. The summed E-state index contributed by atoms with van der Waals surface area (Å²) >= 11 is 0. The van der Waals surface area contributed by atoms with Gasteiger partial charge < -0.3 is 5.11 Å². The second kappa shape index (κ2) is 4.90. The summed E-state index contributed by atoms with van der Waals surface area (Å²) in [6.45, 7) is 11.4. The lowest BCUT2D eigenvalue weighted by Gasteiger charge is -2.40. The summed E-state index contributed by atoms with van der Waals surface area (Å²) in [5.41, 5.74) is 1.51. The highest BCUT2D eigenvalue weighted by molar-refractivity contribution is 5.32. The summed E-state index contributed by atoms with van der Waals surface area (Å²) < 4.78 is 0. The van der Waals surface area contributed by atoms with Crippen molar-refractivity contribution in [3.63, 3.8) is 0 Å². The average Bonchev–Trinajstić information content (AvgIpc) is 2.27. The van der Waals surface area contributed by atoms with E-state index in [-0.39, 0.29) is 5.41 Å². The van der Waals surface area contributed by atoms with Gasteiger partial charge in [-0.05, 0) is 34.9 Å². The van der Waals surface area contributed by atoms with Gasteiger partial charge in [-0.1, -0.05) is 53.2 Å². The highest BCUT2D eigenvalue weighted by Gasteiger charge is 2.35. The molecule has 1 heteroatoms. The molecule has 0 aliphatic heterocycles. The highest BCUT2D eigenvalue weighted by atomic mass is 16.3. The average molecular weight is 220 g/mol. The number of benzene rings is 1. The maximum Gasteiger partial charge on any atom is 0.115 e. The van der Waals surface area contributed by atoms with Crippen molar-refractivity contribution < 1.29 is 5.11 Å². The van der Waals surface area contributed by atoms with E-state index in [2.05, 4.69) is 46.8 Å². The maximum absolute atomic E-state index is 9.36. The molecule has 1 N–H and O–H groups in total. The molecule has 1 aromatic carbocycles. The number of phenols is 1. The number of hydrogen-bond donors (Lipinski definition) is 1. The van der Waals surface area contributed by atoms with Crippen molar-refractivity contribution in [1.29, 1.82) is 0 Å². The Bertz CT molecular complexity index is 326. The fourth-order valence-electron chi connectivity index (χ4n) is 2.43. The molecule has 2 atom stereocenters. The predicted molar refractivity (Wildman–Crippen MR) is 69.8 cm³/mol. The van der Waals surface area contributed by atoms with Crippen molar-refractivity contribution in [2.45, 2.75) is 46.5 Å². The molecular formula is C15H24O. The Morgan fingerprint density at radius 2 is 1.62 bits per heavy atom. The first-order chi connectivity index (χ1) is 7.42. The summed E-state index contributed by atoms with van der Waals surface area (Å²) in [4.78, 5) is 0. The van der Waals surface area contributed by atoms with Gasteiger partial charge in [-0.25, -0.2) is 0 Å². The zero-order valence-electron chi connectivity index (χ0n) is 11.1. The van der Waals surface area contributed by atoms with E-state index in [0.717, 1.165) is 0 Å². The number of aromatic hydroxyl groups is 1. The van der Waals surface area contributed by atoms with Gasteiger partial charge in [-0.2, -0.15) is 0 Å². The molecule has 90 valence electrons. The first-order valence-electron chi connectivity index (χ1n) is 6.22. The standard InChI is InChI=1S/C15H24O/c1-6-12(4)15(5,11(2)3)13-7-9-14(16)10-8-13/h7-12,16H,6H2,1-5H3. The van der Waals surface area contributed by atoms with Crippen molar-refractivity contribution in [2.75, 3.05) is 0 Å². The third kappa shape index (κ3) is 2.23. The van der Waals surface area contributed by atoms with Gasteiger partial charge >= 0.3 is 0 Å². The Kier molecular flexibility index (Phi) is 4.01. The highest BCUT2D eigenvalue weighted by Crippen LogP contribution is 2.40. The van der Waals surface area contributed by atoms with E-state index < -0.39 is 0 Å². The van der Waals surface area contributed by atoms with Gasteiger partial charge in [0.25, 0.3) is 0 Å². The van der Waals surface area contributed by atoms with E-state index >= 15 is 0 Å². The molecule has 0 aliphatic rings. The number of phenolic OH excluding ortho intramolecular Hbond substituents is 1. The van der Waals surface area contributed by atoms with Crippen molar-refractivity contribution in [3.8, 4) is 5.75 Å². The molecule has 0 spiro atoms. The Labute approximate surface area is 99.5 Å². The zero-order valence-corrected chi connectivity index (χ0v) is 11.1. The SMILES string of the molecule is CCC(C)C(C)(c1ccc(O)cc1)C(C)C. The topological polar surface area (TPSA) is 20.2 Å². The third-order valence-corrected chi connectivity index (χ3v) is 4.32. The number of hydrogen-bond acceptors (Lipinski definition) is 1. The normalized spacial score (nSPS) is 17.1. The van der Waals surface area contributed by atoms with Crippen LogP contribution in [0.1, 0.15) is 46.6 Å². The first kappa shape index (κ1) is 13.1. The van der Waals surface area contributed by atoms with Crippen molar-refractivity contribution in [3.05, 3.63) is 29.8 Å². The smallest absolute Gasteiger partial charge is 0.115 e. The molecule has 0 fully saturated rings. The van der Waals surface area contributed by atoms with Crippen LogP contribution in [0, 0.1) is 11.8 Å². The van der Waals surface area contributed by atoms with Crippen LogP contribution < -0.4 is 0 Å². The van der Waals surface area contributed by atoms with E-state index in [0.29, 0.717) is 17.6 Å². The largest absolute Gasteiger partial charge is 0.508 e. The monoisotopic (exact) mass is 220 g/mol. The lowest BCUT2D eigenvalue weighted by Crippen LogP contribution is -2.35. The predicted octanol–water partition coefficient (Wildman–Crippen LogP) is 4.35. The van der Waals surface area contributed by atoms with Crippen LogP contribution in [0.2, 0.25) is 0 Å². The molecule has 0 saturated carbocycles. The third-order valence-electron chi connectivity index (χ3n) is 4.32. The van der Waals surface area contributed by atoms with Crippen LogP contribution in [0.25, 0.3) is 0 Å². The molecule has 0 radical (unpaired) electrons. The van der Waals surface area contributed by atoms with Crippen molar-refractivity contribution >= 4 is 0 Å². The zero-order chi connectivity index (χ0) is 12.3. The fraction of sp³-hybridized carbons (Fsp3) is 0.600. The van der Waals surface area contributed by atoms with Crippen LogP contribution in [0.15, 0.2) is 24.3 Å². The first-order valence-corrected chi connectivity index (χ1v) is 6.22. The van der Waals surface area contributed by atoms with Crippen LogP contribution in [0.5, 0.6) is 5.75 Å². The lowest BCUT2D eigenvalue weighted by atomic mass is 9.65. The van der Waals surface area contributed by atoms with Gasteiger partial charge in [-0.15, -0.1) is 0 Å². The second-order valence-electron chi connectivity index (χ2n) is 5.29. The molecule has 1 rings (SSSR count). The Morgan fingerprint density at radius 1 is 1.12 bits per heavy atom. The molecule has 16 heavy (non-hydrogen) atoms. The quantitative estimate of drug-likeness (QED) is 0.799.